The Bertz CT molecular complexity index is 900. The van der Waals surface area contributed by atoms with Gasteiger partial charge in [-0.3, -0.25) is 9.52 Å². The van der Waals surface area contributed by atoms with Gasteiger partial charge in [-0.15, -0.1) is 0 Å². The first kappa shape index (κ1) is 17.1. The fourth-order valence-electron chi connectivity index (χ4n) is 2.56. The van der Waals surface area contributed by atoms with E-state index in [0.29, 0.717) is 24.3 Å². The lowest BCUT2D eigenvalue weighted by atomic mass is 10.2. The van der Waals surface area contributed by atoms with Gasteiger partial charge in [0.2, 0.25) is 5.91 Å². The highest BCUT2D eigenvalue weighted by atomic mass is 35.5. The van der Waals surface area contributed by atoms with Crippen molar-refractivity contribution in [3.8, 4) is 0 Å². The van der Waals surface area contributed by atoms with E-state index >= 15 is 0 Å². The molecule has 2 aromatic carbocycles. The zero-order valence-corrected chi connectivity index (χ0v) is 14.8. The highest BCUT2D eigenvalue weighted by Crippen LogP contribution is 2.31. The van der Waals surface area contributed by atoms with E-state index in [0.717, 1.165) is 6.42 Å². The number of hydrogen-bond donors (Lipinski definition) is 1. The molecule has 0 bridgehead atoms. The molecule has 1 amide bonds. The van der Waals surface area contributed by atoms with Gasteiger partial charge in [-0.2, -0.15) is 0 Å². The van der Waals surface area contributed by atoms with Crippen molar-refractivity contribution < 1.29 is 13.2 Å². The monoisotopic (exact) mass is 384 g/mol. The molecule has 0 spiro atoms. The number of carbonyl (C=O) groups is 1. The Kier molecular flexibility index (Phi) is 4.71. The van der Waals surface area contributed by atoms with Crippen LogP contribution < -0.4 is 9.62 Å². The van der Waals surface area contributed by atoms with Gasteiger partial charge in [0.25, 0.3) is 10.0 Å². The third-order valence-electron chi connectivity index (χ3n) is 3.69. The van der Waals surface area contributed by atoms with Crippen LogP contribution in [0.4, 0.5) is 11.4 Å². The summed E-state index contributed by atoms with van der Waals surface area (Å²) in [7, 11) is -3.89. The number of rotatable bonds is 4. The first-order valence-electron chi connectivity index (χ1n) is 7.26. The van der Waals surface area contributed by atoms with Crippen LogP contribution in [0.3, 0.4) is 0 Å². The van der Waals surface area contributed by atoms with Crippen molar-refractivity contribution in [2.45, 2.75) is 17.7 Å². The Morgan fingerprint density at radius 3 is 2.54 bits per heavy atom. The van der Waals surface area contributed by atoms with E-state index in [9.17, 15) is 13.2 Å². The first-order valence-corrected chi connectivity index (χ1v) is 9.50. The summed E-state index contributed by atoms with van der Waals surface area (Å²) in [6.45, 7) is 0.634. The molecule has 126 valence electrons. The van der Waals surface area contributed by atoms with E-state index in [2.05, 4.69) is 4.72 Å². The molecule has 8 heteroatoms. The summed E-state index contributed by atoms with van der Waals surface area (Å²) in [5.74, 6) is 0.0351. The second-order valence-corrected chi connectivity index (χ2v) is 7.79. The average Bonchev–Trinajstić information content (AvgIpc) is 2.96. The third kappa shape index (κ3) is 3.36. The first-order chi connectivity index (χ1) is 11.4. The molecule has 0 aliphatic carbocycles. The molecule has 1 fully saturated rings. The normalized spacial score (nSPS) is 14.9. The smallest absolute Gasteiger partial charge is 0.263 e. The van der Waals surface area contributed by atoms with Crippen LogP contribution >= 0.6 is 23.2 Å². The quantitative estimate of drug-likeness (QED) is 0.868. The van der Waals surface area contributed by atoms with Crippen LogP contribution in [0, 0.1) is 0 Å². The number of sulfonamides is 1. The molecule has 0 aromatic heterocycles. The third-order valence-corrected chi connectivity index (χ3v) is 6.04. The Hall–Kier alpha value is -1.76. The van der Waals surface area contributed by atoms with Crippen LogP contribution in [0.1, 0.15) is 12.8 Å². The van der Waals surface area contributed by atoms with Crippen LogP contribution in [0.2, 0.25) is 10.0 Å². The molecule has 0 saturated carbocycles. The number of nitrogens with zero attached hydrogens (tertiary/aromatic N) is 1. The lowest BCUT2D eigenvalue weighted by Gasteiger charge is -2.17. The van der Waals surface area contributed by atoms with Crippen LogP contribution in [-0.4, -0.2) is 20.9 Å². The molecule has 0 atom stereocenters. The molecule has 1 heterocycles. The van der Waals surface area contributed by atoms with Gasteiger partial charge in [0.1, 0.15) is 4.90 Å². The van der Waals surface area contributed by atoms with Gasteiger partial charge in [0.15, 0.2) is 0 Å². The fourth-order valence-corrected chi connectivity index (χ4v) is 4.37. The maximum atomic E-state index is 12.5. The number of carbonyl (C=O) groups excluding carboxylic acids is 1. The van der Waals surface area contributed by atoms with Crippen LogP contribution in [0.25, 0.3) is 0 Å². The van der Waals surface area contributed by atoms with Crippen LogP contribution in [-0.2, 0) is 14.8 Å². The van der Waals surface area contributed by atoms with E-state index < -0.39 is 10.0 Å². The van der Waals surface area contributed by atoms with Gasteiger partial charge in [-0.25, -0.2) is 8.42 Å². The second-order valence-electron chi connectivity index (χ2n) is 5.36. The lowest BCUT2D eigenvalue weighted by Crippen LogP contribution is -2.23. The van der Waals surface area contributed by atoms with Gasteiger partial charge >= 0.3 is 0 Å². The number of halogens is 2. The second kappa shape index (κ2) is 6.63. The summed E-state index contributed by atoms with van der Waals surface area (Å²) < 4.78 is 27.5. The zero-order chi connectivity index (χ0) is 17.3. The molecular weight excluding hydrogens is 371 g/mol. The molecule has 1 aliphatic heterocycles. The van der Waals surface area contributed by atoms with Crippen molar-refractivity contribution in [1.82, 2.24) is 0 Å². The number of hydrogen-bond acceptors (Lipinski definition) is 3. The highest BCUT2D eigenvalue weighted by Gasteiger charge is 2.23. The number of benzene rings is 2. The molecule has 24 heavy (non-hydrogen) atoms. The molecular formula is C16H14Cl2N2O3S. The van der Waals surface area contributed by atoms with Crippen molar-refractivity contribution in [2.75, 3.05) is 16.2 Å². The molecule has 0 radical (unpaired) electrons. The van der Waals surface area contributed by atoms with Gasteiger partial charge in [-0.05, 0) is 36.8 Å². The molecule has 1 aliphatic rings. The van der Waals surface area contributed by atoms with Gasteiger partial charge in [-0.1, -0.05) is 35.3 Å². The van der Waals surface area contributed by atoms with Crippen LogP contribution in [0.5, 0.6) is 0 Å². The van der Waals surface area contributed by atoms with Crippen molar-refractivity contribution >= 4 is 50.5 Å². The maximum Gasteiger partial charge on any atom is 0.263 e. The zero-order valence-electron chi connectivity index (χ0n) is 12.5. The Balaban J connectivity index is 1.90. The highest BCUT2D eigenvalue weighted by molar-refractivity contribution is 7.92. The summed E-state index contributed by atoms with van der Waals surface area (Å²) in [6, 6.07) is 11.1. The van der Waals surface area contributed by atoms with E-state index in [1.807, 2.05) is 0 Å². The molecule has 5 nitrogen and oxygen atoms in total. The summed E-state index contributed by atoms with van der Waals surface area (Å²) in [6.07, 6.45) is 1.31. The average molecular weight is 385 g/mol. The minimum Gasteiger partial charge on any atom is -0.312 e. The molecule has 1 saturated heterocycles. The summed E-state index contributed by atoms with van der Waals surface area (Å²) in [5, 5.41) is 0.133. The van der Waals surface area contributed by atoms with Gasteiger partial charge < -0.3 is 4.90 Å². The largest absolute Gasteiger partial charge is 0.312 e. The summed E-state index contributed by atoms with van der Waals surface area (Å²) in [4.78, 5) is 13.4. The van der Waals surface area contributed by atoms with E-state index in [4.69, 9.17) is 23.2 Å². The minimum atomic E-state index is -3.89. The Morgan fingerprint density at radius 2 is 1.83 bits per heavy atom. The van der Waals surface area contributed by atoms with Gasteiger partial charge in [0, 0.05) is 18.7 Å². The standard InChI is InChI=1S/C16H14Cl2N2O3S/c17-13-6-2-7-14(16(13)18)24(22,23)19-11-4-1-5-12(10-11)20-9-3-8-15(20)21/h1-2,4-7,10,19H,3,8-9H2. The summed E-state index contributed by atoms with van der Waals surface area (Å²) >= 11 is 11.9. The van der Waals surface area contributed by atoms with Crippen molar-refractivity contribution in [1.29, 1.82) is 0 Å². The Morgan fingerprint density at radius 1 is 1.08 bits per heavy atom. The van der Waals surface area contributed by atoms with E-state index in [1.165, 1.54) is 18.2 Å². The summed E-state index contributed by atoms with van der Waals surface area (Å²) in [5.41, 5.74) is 1.01. The minimum absolute atomic E-state index is 0.0301. The molecule has 0 unspecified atom stereocenters. The Labute approximate surface area is 150 Å². The maximum absolute atomic E-state index is 12.5. The van der Waals surface area contributed by atoms with E-state index in [1.54, 1.807) is 29.2 Å². The van der Waals surface area contributed by atoms with E-state index in [-0.39, 0.29) is 20.8 Å². The predicted octanol–water partition coefficient (Wildman–Crippen LogP) is 3.92. The molecule has 3 rings (SSSR count). The van der Waals surface area contributed by atoms with Crippen molar-refractivity contribution in [3.63, 3.8) is 0 Å². The number of anilines is 2. The number of amides is 1. The molecule has 1 N–H and O–H groups in total. The predicted molar refractivity (Wildman–Crippen MR) is 95.3 cm³/mol. The van der Waals surface area contributed by atoms with Crippen LogP contribution in [0.15, 0.2) is 47.4 Å². The van der Waals surface area contributed by atoms with Crippen molar-refractivity contribution in [3.05, 3.63) is 52.5 Å². The lowest BCUT2D eigenvalue weighted by molar-refractivity contribution is -0.117. The number of nitrogens with one attached hydrogen (secondary N) is 1. The molecule has 2 aromatic rings. The SMILES string of the molecule is O=C1CCCN1c1cccc(NS(=O)(=O)c2cccc(Cl)c2Cl)c1. The topological polar surface area (TPSA) is 66.5 Å². The van der Waals surface area contributed by atoms with Crippen molar-refractivity contribution in [2.24, 2.45) is 0 Å². The fraction of sp³-hybridized carbons (Fsp3) is 0.188. The van der Waals surface area contributed by atoms with Gasteiger partial charge in [0.05, 0.1) is 15.7 Å².